The largest absolute Gasteiger partial charge is 0.507 e. The van der Waals surface area contributed by atoms with Crippen molar-refractivity contribution in [2.45, 2.75) is 66.7 Å². The van der Waals surface area contributed by atoms with E-state index in [-0.39, 0.29) is 53.2 Å². The second-order valence-corrected chi connectivity index (χ2v) is 13.3. The number of amides is 4. The third-order valence-electron chi connectivity index (χ3n) is 9.83. The van der Waals surface area contributed by atoms with Crippen LogP contribution in [0.5, 0.6) is 17.2 Å². The van der Waals surface area contributed by atoms with Gasteiger partial charge in [0.25, 0.3) is 11.8 Å². The molecule has 0 spiro atoms. The third kappa shape index (κ3) is 3.78. The Labute approximate surface area is 256 Å². The Hall–Kier alpha value is -2.30. The van der Waals surface area contributed by atoms with Crippen LogP contribution in [0.15, 0.2) is 23.8 Å². The van der Waals surface area contributed by atoms with Gasteiger partial charge in [0.2, 0.25) is 11.8 Å². The van der Waals surface area contributed by atoms with Gasteiger partial charge in [-0.1, -0.05) is 46.8 Å². The second kappa shape index (κ2) is 10.2. The lowest BCUT2D eigenvalue weighted by Crippen LogP contribution is -2.60. The molecule has 3 aliphatic carbocycles. The van der Waals surface area contributed by atoms with E-state index >= 15 is 0 Å². The number of carbonyl (C=O) groups excluding carboxylic acids is 4. The van der Waals surface area contributed by atoms with E-state index in [2.05, 4.69) is 15.9 Å². The van der Waals surface area contributed by atoms with Crippen LogP contribution in [0.2, 0.25) is 0 Å². The number of hydrogen-bond donors (Lipinski definition) is 1. The molecule has 4 fully saturated rings. The number of ether oxygens (including phenoxy) is 2. The SMILES string of the molecule is COc1cc(O)c(C2C3=CCC4C(=O)N(C5CCCCC5)C(=O)C4C3CC3(Cl)C(=O)N(CBr)C(=O)C23Cl)c(OC)c1. The molecule has 1 aromatic rings. The van der Waals surface area contributed by atoms with E-state index < -0.39 is 45.2 Å². The van der Waals surface area contributed by atoms with Gasteiger partial charge in [-0.15, -0.1) is 23.2 Å². The first-order valence-corrected chi connectivity index (χ1v) is 15.7. The van der Waals surface area contributed by atoms with E-state index in [0.29, 0.717) is 11.3 Å². The van der Waals surface area contributed by atoms with Crippen molar-refractivity contribution in [3.63, 3.8) is 0 Å². The summed E-state index contributed by atoms with van der Waals surface area (Å²) in [7, 11) is 2.85. The maximum atomic E-state index is 14.1. The number of hydrogen-bond acceptors (Lipinski definition) is 7. The molecule has 9 nitrogen and oxygen atoms in total. The maximum absolute atomic E-state index is 14.1. The molecule has 2 aliphatic heterocycles. The summed E-state index contributed by atoms with van der Waals surface area (Å²) in [5.41, 5.74) is 0.635. The van der Waals surface area contributed by atoms with Crippen molar-refractivity contribution >= 4 is 62.8 Å². The number of fused-ring (bicyclic) bond motifs is 4. The Morgan fingerprint density at radius 2 is 1.71 bits per heavy atom. The molecular weight excluding hydrogens is 639 g/mol. The molecule has 6 unspecified atom stereocenters. The normalized spacial score (nSPS) is 35.3. The molecule has 12 heteroatoms. The highest BCUT2D eigenvalue weighted by Crippen LogP contribution is 2.67. The van der Waals surface area contributed by atoms with Gasteiger partial charge in [-0.3, -0.25) is 29.0 Å². The summed E-state index contributed by atoms with van der Waals surface area (Å²) in [5.74, 6) is -4.75. The van der Waals surface area contributed by atoms with Gasteiger partial charge in [0.05, 0.1) is 31.5 Å². The number of imide groups is 2. The first-order valence-electron chi connectivity index (χ1n) is 13.9. The van der Waals surface area contributed by atoms with E-state index in [4.69, 9.17) is 32.7 Å². The van der Waals surface area contributed by atoms with Crippen LogP contribution in [0.4, 0.5) is 0 Å². The Kier molecular flexibility index (Phi) is 7.14. The van der Waals surface area contributed by atoms with Crippen LogP contribution in [0, 0.1) is 17.8 Å². The van der Waals surface area contributed by atoms with E-state index in [1.165, 1.54) is 25.2 Å². The average Bonchev–Trinajstić information content (AvgIpc) is 3.31. The van der Waals surface area contributed by atoms with Crippen molar-refractivity contribution in [3.8, 4) is 17.2 Å². The zero-order valence-corrected chi connectivity index (χ0v) is 25.8. The van der Waals surface area contributed by atoms with E-state index in [0.717, 1.165) is 37.0 Å². The zero-order valence-electron chi connectivity index (χ0n) is 22.7. The topological polar surface area (TPSA) is 113 Å². The fraction of sp³-hybridized carbons (Fsp3) is 0.586. The number of nitrogens with zero attached hydrogens (tertiary/aromatic N) is 2. The highest BCUT2D eigenvalue weighted by Gasteiger charge is 2.76. The standard InChI is InChI=1S/C29H31BrCl2N2O7/c1-40-15-10-19(35)22(20(11-15)41-2)23-16-8-9-17-21(25(37)34(24(17)36)14-6-4-3-5-7-14)18(16)12-28(31)26(38)33(13-30)27(39)29(23,28)32/h8,10-11,14,17-18,21,23,35H,3-7,9,12-13H2,1-2H3. The molecule has 2 saturated carbocycles. The number of rotatable bonds is 5. The maximum Gasteiger partial charge on any atom is 0.254 e. The molecule has 2 heterocycles. The molecule has 5 aliphatic rings. The number of aromatic hydroxyl groups is 1. The number of halogens is 3. The molecular formula is C29H31BrCl2N2O7. The van der Waals surface area contributed by atoms with Gasteiger partial charge in [0.15, 0.2) is 9.75 Å². The van der Waals surface area contributed by atoms with Crippen LogP contribution in [-0.2, 0) is 19.2 Å². The summed E-state index contributed by atoms with van der Waals surface area (Å²) in [6.45, 7) is 0. The van der Waals surface area contributed by atoms with E-state index in [9.17, 15) is 24.3 Å². The lowest BCUT2D eigenvalue weighted by Gasteiger charge is -2.51. The quantitative estimate of drug-likeness (QED) is 0.213. The van der Waals surface area contributed by atoms with Crippen LogP contribution in [0.3, 0.4) is 0 Å². The summed E-state index contributed by atoms with van der Waals surface area (Å²) in [5, 5.41) is 11.3. The van der Waals surface area contributed by atoms with Gasteiger partial charge in [0, 0.05) is 29.7 Å². The Morgan fingerprint density at radius 3 is 2.34 bits per heavy atom. The monoisotopic (exact) mass is 668 g/mol. The molecule has 4 amide bonds. The van der Waals surface area contributed by atoms with Crippen LogP contribution in [0.1, 0.15) is 56.4 Å². The first-order chi connectivity index (χ1) is 19.5. The van der Waals surface area contributed by atoms with Crippen molar-refractivity contribution in [2.75, 3.05) is 19.7 Å². The van der Waals surface area contributed by atoms with Crippen molar-refractivity contribution in [1.82, 2.24) is 9.80 Å². The fourth-order valence-electron chi connectivity index (χ4n) is 7.96. The number of carbonyl (C=O) groups is 4. The Bertz CT molecular complexity index is 1380. The predicted molar refractivity (Wildman–Crippen MR) is 153 cm³/mol. The fourth-order valence-corrected chi connectivity index (χ4v) is 9.37. The van der Waals surface area contributed by atoms with Crippen molar-refractivity contribution in [3.05, 3.63) is 29.3 Å². The molecule has 1 N–H and O–H groups in total. The third-order valence-corrected chi connectivity index (χ3v) is 11.7. The lowest BCUT2D eigenvalue weighted by atomic mass is 9.56. The molecule has 0 radical (unpaired) electrons. The summed E-state index contributed by atoms with van der Waals surface area (Å²) < 4.78 is 11.0. The predicted octanol–water partition coefficient (Wildman–Crippen LogP) is 4.45. The van der Waals surface area contributed by atoms with Gasteiger partial charge in [-0.25, -0.2) is 0 Å². The molecule has 6 atom stereocenters. The summed E-state index contributed by atoms with van der Waals surface area (Å²) in [4.78, 5) is 54.0. The highest BCUT2D eigenvalue weighted by molar-refractivity contribution is 9.09. The van der Waals surface area contributed by atoms with Gasteiger partial charge in [-0.2, -0.15) is 0 Å². The Morgan fingerprint density at radius 1 is 1.00 bits per heavy atom. The lowest BCUT2D eigenvalue weighted by molar-refractivity contribution is -0.144. The molecule has 6 rings (SSSR count). The number of allylic oxidation sites excluding steroid dienone is 2. The van der Waals surface area contributed by atoms with E-state index in [1.54, 1.807) is 6.07 Å². The zero-order chi connectivity index (χ0) is 29.4. The highest BCUT2D eigenvalue weighted by atomic mass is 79.9. The summed E-state index contributed by atoms with van der Waals surface area (Å²) in [6.07, 6.45) is 6.57. The van der Waals surface area contributed by atoms with Gasteiger partial charge in [-0.05, 0) is 31.6 Å². The van der Waals surface area contributed by atoms with Gasteiger partial charge < -0.3 is 14.6 Å². The molecule has 0 aromatic heterocycles. The summed E-state index contributed by atoms with van der Waals surface area (Å²) >= 11 is 17.8. The molecule has 2 saturated heterocycles. The molecule has 0 bridgehead atoms. The van der Waals surface area contributed by atoms with Gasteiger partial charge >= 0.3 is 0 Å². The minimum absolute atomic E-state index is 0.105. The number of likely N-dealkylation sites (tertiary alicyclic amines) is 2. The first kappa shape index (κ1) is 28.8. The second-order valence-electron chi connectivity index (χ2n) is 11.6. The number of phenols is 1. The number of alkyl halides is 3. The number of methoxy groups -OCH3 is 2. The van der Waals surface area contributed by atoms with Crippen LogP contribution >= 0.6 is 39.1 Å². The van der Waals surface area contributed by atoms with Crippen molar-refractivity contribution in [1.29, 1.82) is 0 Å². The summed E-state index contributed by atoms with van der Waals surface area (Å²) in [6, 6.07) is 2.79. The Balaban J connectivity index is 1.54. The molecule has 220 valence electrons. The molecule has 1 aromatic carbocycles. The average molecular weight is 670 g/mol. The van der Waals surface area contributed by atoms with Gasteiger partial charge in [0.1, 0.15) is 17.2 Å². The van der Waals surface area contributed by atoms with Crippen molar-refractivity contribution in [2.24, 2.45) is 17.8 Å². The van der Waals surface area contributed by atoms with Crippen LogP contribution in [-0.4, -0.2) is 74.0 Å². The van der Waals surface area contributed by atoms with Crippen LogP contribution in [0.25, 0.3) is 0 Å². The van der Waals surface area contributed by atoms with Crippen LogP contribution < -0.4 is 9.47 Å². The minimum atomic E-state index is -2.04. The number of phenolic OH excluding ortho intramolecular Hbond substituents is 1. The van der Waals surface area contributed by atoms with E-state index in [1.807, 2.05) is 6.08 Å². The number of benzene rings is 1. The smallest absolute Gasteiger partial charge is 0.254 e. The molecule has 41 heavy (non-hydrogen) atoms. The van der Waals surface area contributed by atoms with Crippen molar-refractivity contribution < 1.29 is 33.8 Å². The minimum Gasteiger partial charge on any atom is -0.507 e.